The van der Waals surface area contributed by atoms with Crippen molar-refractivity contribution in [2.24, 2.45) is 16.3 Å². The second kappa shape index (κ2) is 12.2. The van der Waals surface area contributed by atoms with Crippen LogP contribution in [0.25, 0.3) is 0 Å². The molecular formula is C24H42IN5O. The Hall–Kier alpha value is -1.09. The van der Waals surface area contributed by atoms with Gasteiger partial charge in [0.1, 0.15) is 5.82 Å². The van der Waals surface area contributed by atoms with Crippen molar-refractivity contribution in [3.05, 3.63) is 23.9 Å². The topological polar surface area (TPSA) is 61.8 Å². The van der Waals surface area contributed by atoms with E-state index in [1.807, 2.05) is 6.20 Å². The van der Waals surface area contributed by atoms with Gasteiger partial charge in [0.05, 0.1) is 6.10 Å². The number of hydrogen-bond donors (Lipinski definition) is 2. The molecule has 0 spiro atoms. The first-order chi connectivity index (χ1) is 14.4. The number of pyridine rings is 1. The number of guanidine groups is 1. The number of piperidine rings is 1. The van der Waals surface area contributed by atoms with E-state index in [2.05, 4.69) is 67.3 Å². The monoisotopic (exact) mass is 543 g/mol. The van der Waals surface area contributed by atoms with Gasteiger partial charge in [0.15, 0.2) is 5.96 Å². The van der Waals surface area contributed by atoms with Gasteiger partial charge in [-0.2, -0.15) is 0 Å². The second-order valence-corrected chi connectivity index (χ2v) is 9.88. The highest BCUT2D eigenvalue weighted by Gasteiger charge is 2.35. The molecule has 0 amide bonds. The third-order valence-electron chi connectivity index (χ3n) is 6.18. The molecule has 0 aliphatic carbocycles. The van der Waals surface area contributed by atoms with Crippen molar-refractivity contribution in [1.82, 2.24) is 15.6 Å². The van der Waals surface area contributed by atoms with Crippen molar-refractivity contribution >= 4 is 35.8 Å². The van der Waals surface area contributed by atoms with Gasteiger partial charge in [-0.1, -0.05) is 26.8 Å². The summed E-state index contributed by atoms with van der Waals surface area (Å²) in [5, 5.41) is 7.13. The van der Waals surface area contributed by atoms with Gasteiger partial charge in [0.25, 0.3) is 0 Å². The fraction of sp³-hybridized carbons (Fsp3) is 0.750. The molecule has 2 saturated heterocycles. The Balaban J connectivity index is 0.00000341. The second-order valence-electron chi connectivity index (χ2n) is 9.88. The Labute approximate surface area is 206 Å². The zero-order chi connectivity index (χ0) is 21.6. The summed E-state index contributed by atoms with van der Waals surface area (Å²) in [7, 11) is 0. The van der Waals surface area contributed by atoms with Crippen LogP contribution in [0.15, 0.2) is 23.3 Å². The minimum atomic E-state index is 0. The van der Waals surface area contributed by atoms with Crippen LogP contribution < -0.4 is 15.5 Å². The minimum absolute atomic E-state index is 0. The maximum absolute atomic E-state index is 6.14. The maximum atomic E-state index is 6.14. The van der Waals surface area contributed by atoms with Crippen LogP contribution in [0.4, 0.5) is 5.82 Å². The van der Waals surface area contributed by atoms with E-state index < -0.39 is 0 Å². The lowest BCUT2D eigenvalue weighted by atomic mass is 9.78. The smallest absolute Gasteiger partial charge is 0.191 e. The first-order valence-electron chi connectivity index (χ1n) is 11.7. The Kier molecular flexibility index (Phi) is 10.3. The normalized spacial score (nSPS) is 23.3. The van der Waals surface area contributed by atoms with Gasteiger partial charge in [0.2, 0.25) is 0 Å². The molecule has 1 aromatic heterocycles. The molecule has 2 aliphatic rings. The molecule has 2 fully saturated rings. The standard InChI is InChI=1S/C24H41N5O.HI/c1-6-25-23(27-17-19-8-7-15-30-22(19)24(3,4)5)28-20-11-13-29(14-12-20)21-10-9-18(2)16-26-21;/h9-10,16,19-20,22H,6-8,11-15,17H2,1-5H3,(H2,25,27,28);1H. The van der Waals surface area contributed by atoms with Gasteiger partial charge >= 0.3 is 0 Å². The molecule has 2 N–H and O–H groups in total. The predicted octanol–water partition coefficient (Wildman–Crippen LogP) is 4.37. The molecule has 3 rings (SSSR count). The van der Waals surface area contributed by atoms with Crippen molar-refractivity contribution in [1.29, 1.82) is 0 Å². The molecule has 2 atom stereocenters. The summed E-state index contributed by atoms with van der Waals surface area (Å²) in [6.45, 7) is 15.7. The largest absolute Gasteiger partial charge is 0.377 e. The molecule has 0 bridgehead atoms. The van der Waals surface area contributed by atoms with Crippen LogP contribution in [0.2, 0.25) is 0 Å². The first-order valence-corrected chi connectivity index (χ1v) is 11.7. The summed E-state index contributed by atoms with van der Waals surface area (Å²) in [5.41, 5.74) is 1.36. The van der Waals surface area contributed by atoms with E-state index in [9.17, 15) is 0 Å². The van der Waals surface area contributed by atoms with Gasteiger partial charge < -0.3 is 20.3 Å². The summed E-state index contributed by atoms with van der Waals surface area (Å²) in [6.07, 6.45) is 6.77. The fourth-order valence-electron chi connectivity index (χ4n) is 4.61. The zero-order valence-corrected chi connectivity index (χ0v) is 22.3. The Morgan fingerprint density at radius 1 is 1.23 bits per heavy atom. The minimum Gasteiger partial charge on any atom is -0.377 e. The molecule has 31 heavy (non-hydrogen) atoms. The SMILES string of the molecule is CCNC(=NCC1CCCOC1C(C)(C)C)NC1CCN(c2ccc(C)cn2)CC1.I. The van der Waals surface area contributed by atoms with E-state index in [0.29, 0.717) is 12.0 Å². The molecule has 3 heterocycles. The number of halogens is 1. The number of rotatable bonds is 5. The van der Waals surface area contributed by atoms with Gasteiger partial charge in [-0.3, -0.25) is 4.99 Å². The molecule has 1 aromatic rings. The average molecular weight is 544 g/mol. The van der Waals surface area contributed by atoms with Crippen molar-refractivity contribution in [3.63, 3.8) is 0 Å². The summed E-state index contributed by atoms with van der Waals surface area (Å²) in [5.74, 6) is 2.52. The fourth-order valence-corrected chi connectivity index (χ4v) is 4.61. The molecule has 0 radical (unpaired) electrons. The number of aromatic nitrogens is 1. The lowest BCUT2D eigenvalue weighted by molar-refractivity contribution is -0.0823. The van der Waals surface area contributed by atoms with Crippen molar-refractivity contribution in [3.8, 4) is 0 Å². The average Bonchev–Trinajstić information content (AvgIpc) is 2.73. The first kappa shape index (κ1) is 26.2. The van der Waals surface area contributed by atoms with E-state index in [-0.39, 0.29) is 35.5 Å². The molecule has 7 heteroatoms. The van der Waals surface area contributed by atoms with Gasteiger partial charge in [-0.15, -0.1) is 24.0 Å². The highest BCUT2D eigenvalue weighted by molar-refractivity contribution is 14.0. The van der Waals surface area contributed by atoms with Gasteiger partial charge in [-0.25, -0.2) is 4.98 Å². The predicted molar refractivity (Wildman–Crippen MR) is 141 cm³/mol. The van der Waals surface area contributed by atoms with Crippen molar-refractivity contribution < 1.29 is 4.74 Å². The third-order valence-corrected chi connectivity index (χ3v) is 6.18. The number of hydrogen-bond acceptors (Lipinski definition) is 4. The number of anilines is 1. The van der Waals surface area contributed by atoms with E-state index in [1.54, 1.807) is 0 Å². The van der Waals surface area contributed by atoms with Gasteiger partial charge in [-0.05, 0) is 56.6 Å². The van der Waals surface area contributed by atoms with E-state index in [4.69, 9.17) is 9.73 Å². The van der Waals surface area contributed by atoms with Gasteiger partial charge in [0, 0.05) is 50.9 Å². The number of aliphatic imine (C=N–C) groups is 1. The number of aryl methyl sites for hydroxylation is 1. The van der Waals surface area contributed by atoms with Crippen LogP contribution in [0.3, 0.4) is 0 Å². The lowest BCUT2D eigenvalue weighted by Crippen LogP contribution is -2.49. The third kappa shape index (κ3) is 7.77. The number of nitrogens with one attached hydrogen (secondary N) is 2. The molecule has 2 aliphatic heterocycles. The molecule has 176 valence electrons. The van der Waals surface area contributed by atoms with E-state index >= 15 is 0 Å². The van der Waals surface area contributed by atoms with Crippen molar-refractivity contribution in [2.45, 2.75) is 72.4 Å². The van der Waals surface area contributed by atoms with Crippen LogP contribution in [-0.2, 0) is 4.74 Å². The summed E-state index contributed by atoms with van der Waals surface area (Å²) in [4.78, 5) is 11.9. The van der Waals surface area contributed by atoms with Crippen LogP contribution in [-0.4, -0.2) is 55.9 Å². The summed E-state index contributed by atoms with van der Waals surface area (Å²) < 4.78 is 6.14. The Morgan fingerprint density at radius 3 is 2.58 bits per heavy atom. The quantitative estimate of drug-likeness (QED) is 0.328. The Bertz CT molecular complexity index is 680. The van der Waals surface area contributed by atoms with Crippen molar-refractivity contribution in [2.75, 3.05) is 37.7 Å². The van der Waals surface area contributed by atoms with Crippen LogP contribution >= 0.6 is 24.0 Å². The maximum Gasteiger partial charge on any atom is 0.191 e. The van der Waals surface area contributed by atoms with E-state index in [1.165, 1.54) is 12.0 Å². The molecule has 0 aromatic carbocycles. The van der Waals surface area contributed by atoms with Crippen LogP contribution in [0.5, 0.6) is 0 Å². The molecule has 0 saturated carbocycles. The van der Waals surface area contributed by atoms with E-state index in [0.717, 1.165) is 63.8 Å². The van der Waals surface area contributed by atoms with Crippen LogP contribution in [0.1, 0.15) is 58.9 Å². The summed E-state index contributed by atoms with van der Waals surface area (Å²) in [6, 6.07) is 4.72. The lowest BCUT2D eigenvalue weighted by Gasteiger charge is -2.39. The highest BCUT2D eigenvalue weighted by atomic mass is 127. The van der Waals surface area contributed by atoms with Crippen LogP contribution in [0, 0.1) is 18.3 Å². The highest BCUT2D eigenvalue weighted by Crippen LogP contribution is 2.34. The number of ether oxygens (including phenoxy) is 1. The molecule has 6 nitrogen and oxygen atoms in total. The number of nitrogens with zero attached hydrogens (tertiary/aromatic N) is 3. The summed E-state index contributed by atoms with van der Waals surface area (Å²) >= 11 is 0. The zero-order valence-electron chi connectivity index (χ0n) is 20.0. The molecule has 2 unspecified atom stereocenters. The Morgan fingerprint density at radius 2 is 1.97 bits per heavy atom. The molecular weight excluding hydrogens is 501 g/mol.